The first-order chi connectivity index (χ1) is 15.0. The molecular weight excluding hydrogens is 396 g/mol. The van der Waals surface area contributed by atoms with E-state index < -0.39 is 11.6 Å². The van der Waals surface area contributed by atoms with E-state index in [2.05, 4.69) is 31.7 Å². The van der Waals surface area contributed by atoms with E-state index in [0.29, 0.717) is 11.3 Å². The van der Waals surface area contributed by atoms with Crippen LogP contribution in [0.25, 0.3) is 22.2 Å². The third-order valence-corrected chi connectivity index (χ3v) is 6.73. The molecule has 0 amide bonds. The number of benzene rings is 1. The summed E-state index contributed by atoms with van der Waals surface area (Å²) in [5.74, 6) is 0.537. The number of piperidine rings is 1. The molecular formula is C24H29F2N5. The van der Waals surface area contributed by atoms with Gasteiger partial charge in [0, 0.05) is 74.7 Å². The molecule has 31 heavy (non-hydrogen) atoms. The van der Waals surface area contributed by atoms with Gasteiger partial charge in [-0.15, -0.1) is 0 Å². The molecule has 0 aliphatic carbocycles. The van der Waals surface area contributed by atoms with Crippen LogP contribution in [-0.4, -0.2) is 72.6 Å². The summed E-state index contributed by atoms with van der Waals surface area (Å²) in [4.78, 5) is 15.3. The molecule has 2 saturated heterocycles. The van der Waals surface area contributed by atoms with Crippen LogP contribution in [0.15, 0.2) is 36.5 Å². The van der Waals surface area contributed by atoms with Gasteiger partial charge in [0.2, 0.25) is 0 Å². The molecule has 2 aliphatic rings. The number of likely N-dealkylation sites (N-methyl/N-ethyl adjacent to an activating group) is 1. The van der Waals surface area contributed by atoms with Crippen molar-refractivity contribution in [3.05, 3.63) is 48.2 Å². The molecule has 2 fully saturated rings. The van der Waals surface area contributed by atoms with Gasteiger partial charge in [0.25, 0.3) is 0 Å². The van der Waals surface area contributed by atoms with E-state index in [9.17, 15) is 8.78 Å². The summed E-state index contributed by atoms with van der Waals surface area (Å²) in [5, 5.41) is 1.000. The fourth-order valence-electron chi connectivity index (χ4n) is 4.88. The van der Waals surface area contributed by atoms with Crippen molar-refractivity contribution in [2.24, 2.45) is 5.92 Å². The third kappa shape index (κ3) is 4.43. The van der Waals surface area contributed by atoms with E-state index in [0.717, 1.165) is 67.7 Å². The molecule has 0 spiro atoms. The van der Waals surface area contributed by atoms with Gasteiger partial charge in [-0.1, -0.05) is 0 Å². The minimum atomic E-state index is -0.575. The Hall–Kier alpha value is -2.51. The topological polar surface area (TPSA) is 38.4 Å². The van der Waals surface area contributed by atoms with E-state index in [-0.39, 0.29) is 0 Å². The molecule has 3 aromatic rings. The molecule has 0 bridgehead atoms. The predicted molar refractivity (Wildman–Crippen MR) is 120 cm³/mol. The lowest BCUT2D eigenvalue weighted by atomic mass is 9.95. The van der Waals surface area contributed by atoms with Crippen LogP contribution in [0.5, 0.6) is 0 Å². The highest BCUT2D eigenvalue weighted by molar-refractivity contribution is 5.94. The number of aromatic nitrogens is 2. The SMILES string of the molecule is CN1CCN(CC2CCN(c3nccc4[nH]c(-c5cc(F)cc(F)c5)cc34)CC2)CC1. The number of pyridine rings is 1. The molecule has 0 atom stereocenters. The van der Waals surface area contributed by atoms with Crippen molar-refractivity contribution in [3.63, 3.8) is 0 Å². The Labute approximate surface area is 181 Å². The number of hydrogen-bond donors (Lipinski definition) is 1. The molecule has 1 aromatic carbocycles. The summed E-state index contributed by atoms with van der Waals surface area (Å²) in [6.45, 7) is 7.83. The Balaban J connectivity index is 1.30. The minimum Gasteiger partial charge on any atom is -0.356 e. The van der Waals surface area contributed by atoms with Gasteiger partial charge in [0.05, 0.1) is 5.52 Å². The zero-order valence-electron chi connectivity index (χ0n) is 18.0. The standard InChI is InChI=1S/C24H29F2N5/c1-29-8-10-30(11-9-29)16-17-3-6-31(7-4-17)24-21-15-23(28-22(21)2-5-27-24)18-12-19(25)14-20(26)13-18/h2,5,12-15,17,28H,3-4,6-11,16H2,1H3. The summed E-state index contributed by atoms with van der Waals surface area (Å²) < 4.78 is 27.4. The largest absolute Gasteiger partial charge is 0.356 e. The lowest BCUT2D eigenvalue weighted by Gasteiger charge is -2.38. The minimum absolute atomic E-state index is 0.505. The Kier molecular flexibility index (Phi) is 5.63. The summed E-state index contributed by atoms with van der Waals surface area (Å²) >= 11 is 0. The highest BCUT2D eigenvalue weighted by Gasteiger charge is 2.25. The van der Waals surface area contributed by atoms with Crippen molar-refractivity contribution in [1.29, 1.82) is 0 Å². The lowest BCUT2D eigenvalue weighted by Crippen LogP contribution is -2.47. The number of fused-ring (bicyclic) bond motifs is 1. The molecule has 0 radical (unpaired) electrons. The average molecular weight is 426 g/mol. The Morgan fingerprint density at radius 3 is 2.39 bits per heavy atom. The maximum absolute atomic E-state index is 13.7. The number of rotatable bonds is 4. The highest BCUT2D eigenvalue weighted by atomic mass is 19.1. The molecule has 0 unspecified atom stereocenters. The third-order valence-electron chi connectivity index (χ3n) is 6.73. The monoisotopic (exact) mass is 425 g/mol. The number of piperazine rings is 1. The molecule has 7 heteroatoms. The van der Waals surface area contributed by atoms with Gasteiger partial charge in [-0.3, -0.25) is 0 Å². The summed E-state index contributed by atoms with van der Waals surface area (Å²) in [7, 11) is 2.20. The quantitative estimate of drug-likeness (QED) is 0.687. The van der Waals surface area contributed by atoms with E-state index in [1.54, 1.807) is 6.20 Å². The van der Waals surface area contributed by atoms with Crippen LogP contribution < -0.4 is 4.90 Å². The number of nitrogens with zero attached hydrogens (tertiary/aromatic N) is 4. The zero-order chi connectivity index (χ0) is 21.4. The van der Waals surface area contributed by atoms with Gasteiger partial charge in [-0.05, 0) is 50.1 Å². The van der Waals surface area contributed by atoms with Crippen molar-refractivity contribution < 1.29 is 8.78 Å². The van der Waals surface area contributed by atoms with Crippen LogP contribution in [0.4, 0.5) is 14.6 Å². The number of halogens is 2. The van der Waals surface area contributed by atoms with Gasteiger partial charge < -0.3 is 19.7 Å². The van der Waals surface area contributed by atoms with Crippen LogP contribution in [0.2, 0.25) is 0 Å². The molecule has 1 N–H and O–H groups in total. The van der Waals surface area contributed by atoms with Crippen molar-refractivity contribution >= 4 is 16.7 Å². The fraction of sp³-hybridized carbons (Fsp3) is 0.458. The maximum Gasteiger partial charge on any atom is 0.137 e. The number of anilines is 1. The van der Waals surface area contributed by atoms with Crippen molar-refractivity contribution in [2.75, 3.05) is 57.8 Å². The summed E-state index contributed by atoms with van der Waals surface area (Å²) in [6, 6.07) is 7.47. The van der Waals surface area contributed by atoms with Crippen LogP contribution in [0.3, 0.4) is 0 Å². The Morgan fingerprint density at radius 1 is 0.968 bits per heavy atom. The lowest BCUT2D eigenvalue weighted by molar-refractivity contribution is 0.129. The van der Waals surface area contributed by atoms with Gasteiger partial charge in [0.15, 0.2) is 0 Å². The maximum atomic E-state index is 13.7. The zero-order valence-corrected chi connectivity index (χ0v) is 18.0. The van der Waals surface area contributed by atoms with Gasteiger partial charge in [-0.25, -0.2) is 13.8 Å². The van der Waals surface area contributed by atoms with Gasteiger partial charge >= 0.3 is 0 Å². The molecule has 5 nitrogen and oxygen atoms in total. The van der Waals surface area contributed by atoms with Crippen LogP contribution in [0.1, 0.15) is 12.8 Å². The summed E-state index contributed by atoms with van der Waals surface area (Å²) in [5.41, 5.74) is 2.14. The van der Waals surface area contributed by atoms with E-state index in [1.807, 2.05) is 12.1 Å². The molecule has 2 aliphatic heterocycles. The second-order valence-corrected chi connectivity index (χ2v) is 8.97. The number of hydrogen-bond acceptors (Lipinski definition) is 4. The van der Waals surface area contributed by atoms with Crippen LogP contribution >= 0.6 is 0 Å². The first-order valence-corrected chi connectivity index (χ1v) is 11.2. The molecule has 4 heterocycles. The second kappa shape index (κ2) is 8.55. The van der Waals surface area contributed by atoms with Crippen molar-refractivity contribution in [1.82, 2.24) is 19.8 Å². The number of H-pyrrole nitrogens is 1. The fourth-order valence-corrected chi connectivity index (χ4v) is 4.88. The summed E-state index contributed by atoms with van der Waals surface area (Å²) in [6.07, 6.45) is 4.13. The highest BCUT2D eigenvalue weighted by Crippen LogP contribution is 2.32. The van der Waals surface area contributed by atoms with Gasteiger partial charge in [0.1, 0.15) is 17.5 Å². The molecule has 5 rings (SSSR count). The van der Waals surface area contributed by atoms with Crippen LogP contribution in [0, 0.1) is 17.6 Å². The smallest absolute Gasteiger partial charge is 0.137 e. The number of aromatic amines is 1. The predicted octanol–water partition coefficient (Wildman–Crippen LogP) is 3.97. The average Bonchev–Trinajstić information content (AvgIpc) is 3.20. The normalized spacial score (nSPS) is 19.4. The Morgan fingerprint density at radius 2 is 1.68 bits per heavy atom. The second-order valence-electron chi connectivity index (χ2n) is 8.97. The van der Waals surface area contributed by atoms with Crippen LogP contribution in [-0.2, 0) is 0 Å². The Bertz CT molecular complexity index is 1030. The van der Waals surface area contributed by atoms with Crippen molar-refractivity contribution in [2.45, 2.75) is 12.8 Å². The molecule has 164 valence electrons. The van der Waals surface area contributed by atoms with Gasteiger partial charge in [-0.2, -0.15) is 0 Å². The molecule has 0 saturated carbocycles. The molecule has 2 aromatic heterocycles. The first kappa shape index (κ1) is 20.4. The first-order valence-electron chi connectivity index (χ1n) is 11.2. The van der Waals surface area contributed by atoms with E-state index in [4.69, 9.17) is 0 Å². The van der Waals surface area contributed by atoms with E-state index >= 15 is 0 Å². The number of nitrogens with one attached hydrogen (secondary N) is 1. The van der Waals surface area contributed by atoms with E-state index in [1.165, 1.54) is 31.8 Å². The van der Waals surface area contributed by atoms with Crippen molar-refractivity contribution in [3.8, 4) is 11.3 Å².